The summed E-state index contributed by atoms with van der Waals surface area (Å²) in [6.07, 6.45) is 0.769. The number of carbonyl (C=O) groups excluding carboxylic acids is 2. The van der Waals surface area contributed by atoms with Crippen LogP contribution in [0.3, 0.4) is 0 Å². The molecular formula is C14H20N4O2S. The molecule has 21 heavy (non-hydrogen) atoms. The molecule has 7 heteroatoms. The Morgan fingerprint density at radius 3 is 2.95 bits per heavy atom. The first-order valence-corrected chi connectivity index (χ1v) is 8.13. The highest BCUT2D eigenvalue weighted by Crippen LogP contribution is 2.30. The van der Waals surface area contributed by atoms with E-state index >= 15 is 0 Å². The molecule has 1 atom stereocenters. The molecule has 3 heterocycles. The van der Waals surface area contributed by atoms with Crippen molar-refractivity contribution in [1.29, 1.82) is 0 Å². The molecule has 2 aliphatic rings. The molecule has 2 amide bonds. The molecule has 3 rings (SSSR count). The fraction of sp³-hybridized carbons (Fsp3) is 0.643. The Balaban J connectivity index is 1.70. The van der Waals surface area contributed by atoms with Crippen molar-refractivity contribution >= 4 is 23.6 Å². The quantitative estimate of drug-likeness (QED) is 0.797. The van der Waals surface area contributed by atoms with Crippen LogP contribution in [0.4, 0.5) is 0 Å². The van der Waals surface area contributed by atoms with Crippen LogP contribution in [0.2, 0.25) is 0 Å². The molecular weight excluding hydrogens is 288 g/mol. The van der Waals surface area contributed by atoms with Gasteiger partial charge in [0.25, 0.3) is 0 Å². The van der Waals surface area contributed by atoms with Gasteiger partial charge in [-0.2, -0.15) is 5.10 Å². The molecule has 0 bridgehead atoms. The SMILES string of the molecule is Cc1[nH]nc2c1CN(C(=O)[C@@H]1CSC(C)(C)C(=O)N1)CC2. The summed E-state index contributed by atoms with van der Waals surface area (Å²) in [4.78, 5) is 26.5. The highest BCUT2D eigenvalue weighted by Gasteiger charge is 2.39. The lowest BCUT2D eigenvalue weighted by molar-refractivity contribution is -0.137. The molecule has 0 saturated carbocycles. The van der Waals surface area contributed by atoms with Gasteiger partial charge in [0.05, 0.1) is 10.4 Å². The number of fused-ring (bicyclic) bond motifs is 1. The summed E-state index contributed by atoms with van der Waals surface area (Å²) in [5.74, 6) is 0.581. The van der Waals surface area contributed by atoms with E-state index < -0.39 is 10.8 Å². The van der Waals surface area contributed by atoms with E-state index in [1.165, 1.54) is 0 Å². The zero-order valence-electron chi connectivity index (χ0n) is 12.5. The van der Waals surface area contributed by atoms with Crippen LogP contribution < -0.4 is 5.32 Å². The first kappa shape index (κ1) is 14.4. The van der Waals surface area contributed by atoms with Crippen molar-refractivity contribution in [2.75, 3.05) is 12.3 Å². The standard InChI is InChI=1S/C14H20N4O2S/c1-8-9-6-18(5-4-10(9)17-16-8)12(19)11-7-21-14(2,3)13(20)15-11/h11H,4-7H2,1-3H3,(H,15,20)(H,16,17)/t11-/m0/s1. The first-order valence-electron chi connectivity index (χ1n) is 7.15. The van der Waals surface area contributed by atoms with Gasteiger partial charge in [0, 0.05) is 36.5 Å². The number of carbonyl (C=O) groups is 2. The number of H-pyrrole nitrogens is 1. The van der Waals surface area contributed by atoms with Gasteiger partial charge in [-0.1, -0.05) is 0 Å². The van der Waals surface area contributed by atoms with Gasteiger partial charge in [0.1, 0.15) is 6.04 Å². The van der Waals surface area contributed by atoms with Crippen molar-refractivity contribution in [3.05, 3.63) is 17.0 Å². The minimum Gasteiger partial charge on any atom is -0.342 e. The Hall–Kier alpha value is -1.50. The topological polar surface area (TPSA) is 78.1 Å². The van der Waals surface area contributed by atoms with E-state index in [4.69, 9.17) is 0 Å². The maximum atomic E-state index is 12.6. The fourth-order valence-electron chi connectivity index (χ4n) is 2.70. The first-order chi connectivity index (χ1) is 9.88. The fourth-order valence-corrected chi connectivity index (χ4v) is 3.70. The average molecular weight is 308 g/mol. The van der Waals surface area contributed by atoms with Crippen molar-refractivity contribution in [1.82, 2.24) is 20.4 Å². The molecule has 1 aromatic heterocycles. The van der Waals surface area contributed by atoms with Crippen LogP contribution >= 0.6 is 11.8 Å². The Morgan fingerprint density at radius 2 is 2.24 bits per heavy atom. The second-order valence-electron chi connectivity index (χ2n) is 6.13. The summed E-state index contributed by atoms with van der Waals surface area (Å²) in [7, 11) is 0. The van der Waals surface area contributed by atoms with Crippen LogP contribution in [0, 0.1) is 6.92 Å². The second kappa shape index (κ2) is 5.05. The van der Waals surface area contributed by atoms with Crippen LogP contribution in [0.5, 0.6) is 0 Å². The Morgan fingerprint density at radius 1 is 1.48 bits per heavy atom. The number of hydrogen-bond acceptors (Lipinski definition) is 4. The maximum absolute atomic E-state index is 12.6. The van der Waals surface area contributed by atoms with E-state index in [2.05, 4.69) is 15.5 Å². The maximum Gasteiger partial charge on any atom is 0.246 e. The zero-order valence-corrected chi connectivity index (χ0v) is 13.3. The number of aryl methyl sites for hydroxylation is 1. The van der Waals surface area contributed by atoms with Crippen LogP contribution in [0.25, 0.3) is 0 Å². The Bertz CT molecular complexity index is 596. The van der Waals surface area contributed by atoms with Crippen LogP contribution in [-0.2, 0) is 22.6 Å². The largest absolute Gasteiger partial charge is 0.342 e. The molecule has 2 N–H and O–H groups in total. The number of hydrogen-bond donors (Lipinski definition) is 2. The summed E-state index contributed by atoms with van der Waals surface area (Å²) < 4.78 is -0.451. The Kier molecular flexibility index (Phi) is 3.47. The molecule has 6 nitrogen and oxygen atoms in total. The van der Waals surface area contributed by atoms with Crippen molar-refractivity contribution in [2.24, 2.45) is 0 Å². The lowest BCUT2D eigenvalue weighted by atomic mass is 10.0. The third-order valence-electron chi connectivity index (χ3n) is 4.20. The third-order valence-corrected chi connectivity index (χ3v) is 5.61. The number of thioether (sulfide) groups is 1. The van der Waals surface area contributed by atoms with Crippen LogP contribution in [0.15, 0.2) is 0 Å². The molecule has 0 aromatic carbocycles. The van der Waals surface area contributed by atoms with E-state index in [0.717, 1.165) is 23.4 Å². The molecule has 1 saturated heterocycles. The molecule has 0 radical (unpaired) electrons. The predicted molar refractivity (Wildman–Crippen MR) is 80.9 cm³/mol. The molecule has 0 aliphatic carbocycles. The van der Waals surface area contributed by atoms with Gasteiger partial charge in [-0.3, -0.25) is 14.7 Å². The van der Waals surface area contributed by atoms with Crippen LogP contribution in [-0.4, -0.2) is 50.0 Å². The third kappa shape index (κ3) is 2.54. The molecule has 114 valence electrons. The minimum atomic E-state index is -0.451. The zero-order chi connectivity index (χ0) is 15.2. The minimum absolute atomic E-state index is 0.0117. The van der Waals surface area contributed by atoms with E-state index in [9.17, 15) is 9.59 Å². The lowest BCUT2D eigenvalue weighted by Gasteiger charge is -2.36. The van der Waals surface area contributed by atoms with Gasteiger partial charge in [-0.05, 0) is 20.8 Å². The smallest absolute Gasteiger partial charge is 0.246 e. The molecule has 2 aliphatic heterocycles. The summed E-state index contributed by atoms with van der Waals surface area (Å²) in [5.41, 5.74) is 3.19. The van der Waals surface area contributed by atoms with Gasteiger partial charge in [0.2, 0.25) is 11.8 Å². The van der Waals surface area contributed by atoms with Crippen molar-refractivity contribution in [3.8, 4) is 0 Å². The second-order valence-corrected chi connectivity index (χ2v) is 7.77. The summed E-state index contributed by atoms with van der Waals surface area (Å²) in [5, 5.41) is 10.1. The van der Waals surface area contributed by atoms with Crippen molar-refractivity contribution in [2.45, 2.75) is 44.5 Å². The lowest BCUT2D eigenvalue weighted by Crippen LogP contribution is -2.58. The van der Waals surface area contributed by atoms with Gasteiger partial charge >= 0.3 is 0 Å². The van der Waals surface area contributed by atoms with Gasteiger partial charge in [0.15, 0.2) is 0 Å². The molecule has 1 aromatic rings. The van der Waals surface area contributed by atoms with E-state index in [1.807, 2.05) is 25.7 Å². The number of amides is 2. The summed E-state index contributed by atoms with van der Waals surface area (Å²) >= 11 is 1.54. The summed E-state index contributed by atoms with van der Waals surface area (Å²) in [6.45, 7) is 6.99. The number of rotatable bonds is 1. The molecule has 1 fully saturated rings. The van der Waals surface area contributed by atoms with Gasteiger partial charge < -0.3 is 10.2 Å². The predicted octanol–water partition coefficient (Wildman–Crippen LogP) is 0.613. The normalized spacial score (nSPS) is 24.4. The monoisotopic (exact) mass is 308 g/mol. The number of nitrogens with one attached hydrogen (secondary N) is 2. The Labute approximate surface area is 128 Å². The number of aromatic nitrogens is 2. The molecule has 0 spiro atoms. The summed E-state index contributed by atoms with van der Waals surface area (Å²) in [6, 6.07) is -0.413. The van der Waals surface area contributed by atoms with E-state index in [1.54, 1.807) is 11.8 Å². The number of aromatic amines is 1. The van der Waals surface area contributed by atoms with E-state index in [-0.39, 0.29) is 11.8 Å². The van der Waals surface area contributed by atoms with Crippen molar-refractivity contribution < 1.29 is 9.59 Å². The van der Waals surface area contributed by atoms with E-state index in [0.29, 0.717) is 18.8 Å². The highest BCUT2D eigenvalue weighted by atomic mass is 32.2. The van der Waals surface area contributed by atoms with Gasteiger partial charge in [-0.15, -0.1) is 11.8 Å². The average Bonchev–Trinajstić information content (AvgIpc) is 2.82. The number of nitrogens with zero attached hydrogens (tertiary/aromatic N) is 2. The highest BCUT2D eigenvalue weighted by molar-refractivity contribution is 8.01. The van der Waals surface area contributed by atoms with Crippen LogP contribution in [0.1, 0.15) is 30.8 Å². The van der Waals surface area contributed by atoms with Crippen molar-refractivity contribution in [3.63, 3.8) is 0 Å². The van der Waals surface area contributed by atoms with Gasteiger partial charge in [-0.25, -0.2) is 0 Å². The molecule has 0 unspecified atom stereocenters.